The van der Waals surface area contributed by atoms with E-state index in [0.717, 1.165) is 31.2 Å². The number of aliphatic hydroxyl groups excluding tert-OH is 3. The van der Waals surface area contributed by atoms with Crippen molar-refractivity contribution in [2.45, 2.75) is 76.0 Å². The molecule has 194 valence electrons. The minimum atomic E-state index is -1.27. The fourth-order valence-electron chi connectivity index (χ4n) is 4.75. The Bertz CT molecular complexity index is 1210. The second-order valence-electron chi connectivity index (χ2n) is 9.15. The molecule has 13 nitrogen and oxygen atoms in total. The van der Waals surface area contributed by atoms with E-state index in [2.05, 4.69) is 20.4 Å². The Hall–Kier alpha value is -3.13. The van der Waals surface area contributed by atoms with Crippen LogP contribution in [0.3, 0.4) is 0 Å². The van der Waals surface area contributed by atoms with Gasteiger partial charge in [0.15, 0.2) is 23.2 Å². The summed E-state index contributed by atoms with van der Waals surface area (Å²) in [6.07, 6.45) is 5.50. The molecule has 1 saturated carbocycles. The summed E-state index contributed by atoms with van der Waals surface area (Å²) in [7, 11) is 0. The number of carbonyl (C=O) groups excluding carboxylic acids is 1. The fourth-order valence-corrected chi connectivity index (χ4v) is 4.75. The van der Waals surface area contributed by atoms with Gasteiger partial charge in [0.25, 0.3) is 5.95 Å². The fraction of sp³-hybridized carbons (Fsp3) is 0.609. The molecule has 2 aliphatic rings. The van der Waals surface area contributed by atoms with Gasteiger partial charge in [-0.15, -0.1) is 0 Å². The number of anilines is 1. The number of hydrogen-bond acceptors (Lipinski definition) is 11. The predicted octanol–water partition coefficient (Wildman–Crippen LogP) is 0.474. The normalized spacial score (nSPS) is 24.6. The lowest BCUT2D eigenvalue weighted by molar-refractivity contribution is -0.143. The highest BCUT2D eigenvalue weighted by atomic mass is 16.6. The van der Waals surface area contributed by atoms with Gasteiger partial charge in [0, 0.05) is 18.7 Å². The van der Waals surface area contributed by atoms with Gasteiger partial charge < -0.3 is 30.1 Å². The van der Waals surface area contributed by atoms with Crippen molar-refractivity contribution in [3.05, 3.63) is 24.3 Å². The average molecular weight is 502 g/mol. The van der Waals surface area contributed by atoms with Crippen LogP contribution in [-0.4, -0.2) is 88.2 Å². The number of aliphatic hydroxyl groups is 3. The van der Waals surface area contributed by atoms with E-state index in [1.807, 2.05) is 0 Å². The van der Waals surface area contributed by atoms with E-state index in [1.54, 1.807) is 19.3 Å². The number of ether oxygens (including phenoxy) is 2. The number of aryl methyl sites for hydroxylation is 1. The van der Waals surface area contributed by atoms with Crippen LogP contribution < -0.4 is 5.32 Å². The molecule has 5 rings (SSSR count). The third-order valence-electron chi connectivity index (χ3n) is 6.66. The number of nitrogens with zero attached hydrogens (tertiary/aromatic N) is 6. The number of carbonyl (C=O) groups is 1. The molecule has 4 N–H and O–H groups in total. The molecule has 13 heteroatoms. The standard InChI is InChI=1S/C23H31N7O6/c1-2-35-16(32)8-7-13-9-25-30(10-13)23-27-20(26-14-5-3-4-6-14)17-21(28-23)29(12-24-17)22-19(34)18(33)15(11-31)36-22/h9-10,12,14-15,18-19,22,31,33-34H,2-8,11H2,1H3,(H,26,27,28)/t15-,18-,19+,22-/m1/s1. The molecule has 0 spiro atoms. The van der Waals surface area contributed by atoms with Crippen LogP contribution in [0.4, 0.5) is 5.82 Å². The Kier molecular flexibility index (Phi) is 7.14. The quantitative estimate of drug-likeness (QED) is 0.301. The van der Waals surface area contributed by atoms with E-state index in [1.165, 1.54) is 15.6 Å². The molecule has 0 unspecified atom stereocenters. The van der Waals surface area contributed by atoms with E-state index < -0.39 is 31.1 Å². The lowest BCUT2D eigenvalue weighted by Crippen LogP contribution is -2.33. The molecule has 1 aliphatic heterocycles. The molecule has 3 aromatic heterocycles. The summed E-state index contributed by atoms with van der Waals surface area (Å²) in [5, 5.41) is 38.2. The Labute approximate surface area is 207 Å². The first-order valence-corrected chi connectivity index (χ1v) is 12.3. The molecule has 0 aromatic carbocycles. The van der Waals surface area contributed by atoms with Crippen molar-refractivity contribution in [2.75, 3.05) is 18.5 Å². The monoisotopic (exact) mass is 501 g/mol. The minimum absolute atomic E-state index is 0.242. The smallest absolute Gasteiger partial charge is 0.306 e. The summed E-state index contributed by atoms with van der Waals surface area (Å²) < 4.78 is 13.8. The number of fused-ring (bicyclic) bond motifs is 1. The van der Waals surface area contributed by atoms with Gasteiger partial charge in [-0.25, -0.2) is 9.67 Å². The van der Waals surface area contributed by atoms with Crippen molar-refractivity contribution < 1.29 is 29.6 Å². The average Bonchev–Trinajstić information content (AvgIpc) is 3.67. The first-order valence-electron chi connectivity index (χ1n) is 12.3. The van der Waals surface area contributed by atoms with Gasteiger partial charge in [0.1, 0.15) is 18.3 Å². The summed E-state index contributed by atoms with van der Waals surface area (Å²) >= 11 is 0. The van der Waals surface area contributed by atoms with E-state index in [9.17, 15) is 20.1 Å². The Morgan fingerprint density at radius 2 is 2.06 bits per heavy atom. The second kappa shape index (κ2) is 10.5. The maximum Gasteiger partial charge on any atom is 0.306 e. The predicted molar refractivity (Wildman–Crippen MR) is 126 cm³/mol. The Balaban J connectivity index is 1.49. The van der Waals surface area contributed by atoms with E-state index >= 15 is 0 Å². The molecule has 3 aromatic rings. The van der Waals surface area contributed by atoms with Crippen LogP contribution in [0.5, 0.6) is 0 Å². The molecule has 1 aliphatic carbocycles. The zero-order valence-electron chi connectivity index (χ0n) is 20.0. The van der Waals surface area contributed by atoms with Crippen molar-refractivity contribution in [2.24, 2.45) is 0 Å². The van der Waals surface area contributed by atoms with Gasteiger partial charge in [-0.1, -0.05) is 12.8 Å². The molecule has 1 saturated heterocycles. The zero-order valence-corrected chi connectivity index (χ0v) is 20.0. The number of esters is 1. The number of imidazole rings is 1. The van der Waals surface area contributed by atoms with E-state index in [4.69, 9.17) is 14.5 Å². The molecule has 4 atom stereocenters. The SMILES string of the molecule is CCOC(=O)CCc1cnn(-c2nc(NC3CCCC3)c3ncn([C@@H]4O[C@H](CO)[C@@H](O)[C@@H]4O)c3n2)c1. The number of aromatic nitrogens is 6. The van der Waals surface area contributed by atoms with Gasteiger partial charge in [0.05, 0.1) is 25.7 Å². The highest BCUT2D eigenvalue weighted by molar-refractivity contribution is 5.84. The lowest BCUT2D eigenvalue weighted by atomic mass is 10.1. The molecule has 0 amide bonds. The summed E-state index contributed by atoms with van der Waals surface area (Å²) in [6, 6.07) is 0.257. The van der Waals surface area contributed by atoms with Crippen LogP contribution in [0.1, 0.15) is 50.8 Å². The Morgan fingerprint density at radius 3 is 2.78 bits per heavy atom. The van der Waals surface area contributed by atoms with Gasteiger partial charge in [-0.2, -0.15) is 15.1 Å². The number of nitrogens with one attached hydrogen (secondary N) is 1. The third kappa shape index (κ3) is 4.78. The van der Waals surface area contributed by atoms with Crippen molar-refractivity contribution in [1.82, 2.24) is 29.3 Å². The van der Waals surface area contributed by atoms with Crippen LogP contribution in [0.2, 0.25) is 0 Å². The van der Waals surface area contributed by atoms with Crippen molar-refractivity contribution in [1.29, 1.82) is 0 Å². The van der Waals surface area contributed by atoms with E-state index in [-0.39, 0.29) is 24.4 Å². The zero-order chi connectivity index (χ0) is 25.2. The van der Waals surface area contributed by atoms with Gasteiger partial charge in [0.2, 0.25) is 0 Å². The van der Waals surface area contributed by atoms with Crippen molar-refractivity contribution >= 4 is 23.0 Å². The van der Waals surface area contributed by atoms with E-state index in [0.29, 0.717) is 30.0 Å². The summed E-state index contributed by atoms with van der Waals surface area (Å²) in [6.45, 7) is 1.68. The van der Waals surface area contributed by atoms with Crippen LogP contribution in [0.15, 0.2) is 18.7 Å². The number of hydrogen-bond donors (Lipinski definition) is 4. The summed E-state index contributed by atoms with van der Waals surface area (Å²) in [5.74, 6) is 0.545. The molecule has 4 heterocycles. The van der Waals surface area contributed by atoms with Crippen LogP contribution in [-0.2, 0) is 20.7 Å². The minimum Gasteiger partial charge on any atom is -0.466 e. The molecule has 0 bridgehead atoms. The number of rotatable bonds is 9. The maximum atomic E-state index is 11.7. The van der Waals surface area contributed by atoms with Crippen molar-refractivity contribution in [3.8, 4) is 5.95 Å². The topological polar surface area (TPSA) is 170 Å². The van der Waals surface area contributed by atoms with Crippen molar-refractivity contribution in [3.63, 3.8) is 0 Å². The molecule has 0 radical (unpaired) electrons. The molecular weight excluding hydrogens is 470 g/mol. The lowest BCUT2D eigenvalue weighted by Gasteiger charge is -2.18. The van der Waals surface area contributed by atoms with Crippen LogP contribution in [0, 0.1) is 0 Å². The first kappa shape index (κ1) is 24.6. The largest absolute Gasteiger partial charge is 0.466 e. The first-order chi connectivity index (χ1) is 17.5. The highest BCUT2D eigenvalue weighted by Gasteiger charge is 2.44. The Morgan fingerprint density at radius 1 is 1.25 bits per heavy atom. The van der Waals surface area contributed by atoms with Crippen LogP contribution in [0.25, 0.3) is 17.1 Å². The maximum absolute atomic E-state index is 11.7. The third-order valence-corrected chi connectivity index (χ3v) is 6.66. The summed E-state index contributed by atoms with van der Waals surface area (Å²) in [5.41, 5.74) is 1.71. The second-order valence-corrected chi connectivity index (χ2v) is 9.15. The van der Waals surface area contributed by atoms with Gasteiger partial charge in [-0.3, -0.25) is 9.36 Å². The molecule has 36 heavy (non-hydrogen) atoms. The molecule has 2 fully saturated rings. The van der Waals surface area contributed by atoms with Crippen LogP contribution >= 0.6 is 0 Å². The van der Waals surface area contributed by atoms with Gasteiger partial charge >= 0.3 is 5.97 Å². The molecular formula is C23H31N7O6. The van der Waals surface area contributed by atoms with Gasteiger partial charge in [-0.05, 0) is 31.7 Å². The summed E-state index contributed by atoms with van der Waals surface area (Å²) in [4.78, 5) is 25.6. The highest BCUT2D eigenvalue weighted by Crippen LogP contribution is 2.33.